The zero-order chi connectivity index (χ0) is 13.8. The van der Waals surface area contributed by atoms with Crippen LogP contribution in [0.4, 0.5) is 8.78 Å². The van der Waals surface area contributed by atoms with Gasteiger partial charge in [-0.05, 0) is 30.8 Å². The monoisotopic (exact) mass is 263 g/mol. The van der Waals surface area contributed by atoms with Crippen LogP contribution in [-0.4, -0.2) is 14.2 Å². The lowest BCUT2D eigenvalue weighted by atomic mass is 9.98. The van der Waals surface area contributed by atoms with Crippen molar-refractivity contribution in [1.29, 1.82) is 0 Å². The lowest BCUT2D eigenvalue weighted by molar-refractivity contribution is 0.414. The standard InChI is InChI=1S/C15H15F2NO/c1-18-15(10-6-8-11(19-2)9-7-10)12-4-3-5-13(16)14(12)17/h3-9,15,18H,1-2H3. The molecule has 0 spiro atoms. The summed E-state index contributed by atoms with van der Waals surface area (Å²) >= 11 is 0. The molecule has 0 aliphatic heterocycles. The summed E-state index contributed by atoms with van der Waals surface area (Å²) in [4.78, 5) is 0. The number of ether oxygens (including phenoxy) is 1. The fraction of sp³-hybridized carbons (Fsp3) is 0.200. The van der Waals surface area contributed by atoms with Crippen LogP contribution in [0.15, 0.2) is 42.5 Å². The lowest BCUT2D eigenvalue weighted by Crippen LogP contribution is -2.19. The minimum absolute atomic E-state index is 0.285. The van der Waals surface area contributed by atoms with Gasteiger partial charge in [-0.3, -0.25) is 0 Å². The third kappa shape index (κ3) is 2.74. The number of rotatable bonds is 4. The van der Waals surface area contributed by atoms with E-state index in [4.69, 9.17) is 4.74 Å². The van der Waals surface area contributed by atoms with E-state index >= 15 is 0 Å². The molecule has 0 heterocycles. The summed E-state index contributed by atoms with van der Waals surface area (Å²) in [6.45, 7) is 0. The van der Waals surface area contributed by atoms with Crippen LogP contribution in [0.3, 0.4) is 0 Å². The van der Waals surface area contributed by atoms with Gasteiger partial charge in [-0.1, -0.05) is 24.3 Å². The largest absolute Gasteiger partial charge is 0.497 e. The van der Waals surface area contributed by atoms with Crippen LogP contribution in [0, 0.1) is 11.6 Å². The first kappa shape index (κ1) is 13.5. The normalized spacial score (nSPS) is 12.2. The minimum Gasteiger partial charge on any atom is -0.497 e. The van der Waals surface area contributed by atoms with Crippen molar-refractivity contribution in [2.45, 2.75) is 6.04 Å². The molecule has 19 heavy (non-hydrogen) atoms. The highest BCUT2D eigenvalue weighted by atomic mass is 19.2. The average Bonchev–Trinajstić information content (AvgIpc) is 2.45. The van der Waals surface area contributed by atoms with E-state index in [1.54, 1.807) is 32.4 Å². The van der Waals surface area contributed by atoms with Crippen molar-refractivity contribution in [3.63, 3.8) is 0 Å². The van der Waals surface area contributed by atoms with Crippen LogP contribution < -0.4 is 10.1 Å². The first-order valence-electron chi connectivity index (χ1n) is 5.92. The van der Waals surface area contributed by atoms with Gasteiger partial charge < -0.3 is 10.1 Å². The van der Waals surface area contributed by atoms with E-state index in [-0.39, 0.29) is 5.56 Å². The third-order valence-electron chi connectivity index (χ3n) is 3.03. The summed E-state index contributed by atoms with van der Waals surface area (Å²) in [5.74, 6) is -0.942. The molecule has 2 aromatic rings. The van der Waals surface area contributed by atoms with Crippen LogP contribution in [0.5, 0.6) is 5.75 Å². The molecule has 0 radical (unpaired) electrons. The first-order valence-corrected chi connectivity index (χ1v) is 5.92. The molecule has 0 amide bonds. The Hall–Kier alpha value is -1.94. The lowest BCUT2D eigenvalue weighted by Gasteiger charge is -2.18. The van der Waals surface area contributed by atoms with Crippen molar-refractivity contribution >= 4 is 0 Å². The van der Waals surface area contributed by atoms with Crippen molar-refractivity contribution in [1.82, 2.24) is 5.32 Å². The van der Waals surface area contributed by atoms with Gasteiger partial charge in [0, 0.05) is 5.56 Å². The molecular weight excluding hydrogens is 248 g/mol. The van der Waals surface area contributed by atoms with Crippen LogP contribution in [0.1, 0.15) is 17.2 Å². The Bertz CT molecular complexity index is 555. The molecule has 1 atom stereocenters. The van der Waals surface area contributed by atoms with Gasteiger partial charge in [-0.2, -0.15) is 0 Å². The molecule has 0 aromatic heterocycles. The summed E-state index contributed by atoms with van der Waals surface area (Å²) in [5.41, 5.74) is 1.13. The fourth-order valence-electron chi connectivity index (χ4n) is 2.04. The van der Waals surface area contributed by atoms with Gasteiger partial charge in [0.1, 0.15) is 5.75 Å². The van der Waals surface area contributed by atoms with Gasteiger partial charge in [0.2, 0.25) is 0 Å². The molecule has 100 valence electrons. The topological polar surface area (TPSA) is 21.3 Å². The van der Waals surface area contributed by atoms with E-state index in [9.17, 15) is 8.78 Å². The molecule has 0 saturated heterocycles. The van der Waals surface area contributed by atoms with E-state index < -0.39 is 17.7 Å². The average molecular weight is 263 g/mol. The maximum atomic E-state index is 13.8. The maximum absolute atomic E-state index is 13.8. The summed E-state index contributed by atoms with van der Waals surface area (Å²) in [7, 11) is 3.29. The second-order valence-corrected chi connectivity index (χ2v) is 4.14. The second kappa shape index (κ2) is 5.80. The molecule has 1 N–H and O–H groups in total. The summed E-state index contributed by atoms with van der Waals surface area (Å²) in [6.07, 6.45) is 0. The van der Waals surface area contributed by atoms with E-state index in [1.807, 2.05) is 12.1 Å². The fourth-order valence-corrected chi connectivity index (χ4v) is 2.04. The third-order valence-corrected chi connectivity index (χ3v) is 3.03. The van der Waals surface area contributed by atoms with E-state index in [1.165, 1.54) is 6.07 Å². The van der Waals surface area contributed by atoms with Gasteiger partial charge in [0.05, 0.1) is 13.2 Å². The Kier molecular flexibility index (Phi) is 4.12. The van der Waals surface area contributed by atoms with E-state index in [2.05, 4.69) is 5.32 Å². The molecule has 0 fully saturated rings. The van der Waals surface area contributed by atoms with Gasteiger partial charge in [-0.25, -0.2) is 8.78 Å². The molecule has 2 rings (SSSR count). The highest BCUT2D eigenvalue weighted by Crippen LogP contribution is 2.26. The number of hydrogen-bond acceptors (Lipinski definition) is 2. The molecule has 2 aromatic carbocycles. The van der Waals surface area contributed by atoms with Crippen LogP contribution >= 0.6 is 0 Å². The van der Waals surface area contributed by atoms with Gasteiger partial charge >= 0.3 is 0 Å². The molecule has 0 bridgehead atoms. The first-order chi connectivity index (χ1) is 9.17. The van der Waals surface area contributed by atoms with Gasteiger partial charge in [-0.15, -0.1) is 0 Å². The van der Waals surface area contributed by atoms with Crippen molar-refractivity contribution in [2.24, 2.45) is 0 Å². The number of halogens is 2. The van der Waals surface area contributed by atoms with Gasteiger partial charge in [0.15, 0.2) is 11.6 Å². The highest BCUT2D eigenvalue weighted by molar-refractivity contribution is 5.36. The molecule has 0 aliphatic rings. The highest BCUT2D eigenvalue weighted by Gasteiger charge is 2.18. The minimum atomic E-state index is -0.841. The quantitative estimate of drug-likeness (QED) is 0.914. The van der Waals surface area contributed by atoms with Crippen molar-refractivity contribution in [3.8, 4) is 5.75 Å². The number of nitrogens with one attached hydrogen (secondary N) is 1. The second-order valence-electron chi connectivity index (χ2n) is 4.14. The molecule has 0 saturated carbocycles. The summed E-state index contributed by atoms with van der Waals surface area (Å²) in [5, 5.41) is 2.99. The summed E-state index contributed by atoms with van der Waals surface area (Å²) in [6, 6.07) is 11.0. The molecule has 1 unspecified atom stereocenters. The summed E-state index contributed by atoms with van der Waals surface area (Å²) < 4.78 is 32.2. The number of hydrogen-bond donors (Lipinski definition) is 1. The van der Waals surface area contributed by atoms with Crippen LogP contribution in [0.25, 0.3) is 0 Å². The molecule has 4 heteroatoms. The predicted molar refractivity (Wildman–Crippen MR) is 70.3 cm³/mol. The Balaban J connectivity index is 2.40. The molecule has 0 aliphatic carbocycles. The van der Waals surface area contributed by atoms with E-state index in [0.29, 0.717) is 0 Å². The number of methoxy groups -OCH3 is 1. The Morgan fingerprint density at radius 1 is 1.05 bits per heavy atom. The Morgan fingerprint density at radius 3 is 2.32 bits per heavy atom. The van der Waals surface area contributed by atoms with Crippen molar-refractivity contribution in [2.75, 3.05) is 14.2 Å². The smallest absolute Gasteiger partial charge is 0.163 e. The van der Waals surface area contributed by atoms with E-state index in [0.717, 1.165) is 17.4 Å². The zero-order valence-electron chi connectivity index (χ0n) is 10.8. The number of benzene rings is 2. The maximum Gasteiger partial charge on any atom is 0.163 e. The van der Waals surface area contributed by atoms with Crippen molar-refractivity contribution in [3.05, 3.63) is 65.2 Å². The van der Waals surface area contributed by atoms with Crippen molar-refractivity contribution < 1.29 is 13.5 Å². The Labute approximate surface area is 111 Å². The SMILES string of the molecule is CNC(c1ccc(OC)cc1)c1cccc(F)c1F. The molecule has 2 nitrogen and oxygen atoms in total. The van der Waals surface area contributed by atoms with Crippen LogP contribution in [0.2, 0.25) is 0 Å². The predicted octanol–water partition coefficient (Wildman–Crippen LogP) is 3.28. The zero-order valence-corrected chi connectivity index (χ0v) is 10.8. The van der Waals surface area contributed by atoms with Gasteiger partial charge in [0.25, 0.3) is 0 Å². The molecular formula is C15H15F2NO. The Morgan fingerprint density at radius 2 is 1.74 bits per heavy atom. The van der Waals surface area contributed by atoms with Crippen LogP contribution in [-0.2, 0) is 0 Å².